The zero-order valence-corrected chi connectivity index (χ0v) is 27.6. The van der Waals surface area contributed by atoms with Crippen LogP contribution in [0.1, 0.15) is 91.0 Å². The van der Waals surface area contributed by atoms with Gasteiger partial charge in [-0.15, -0.1) is 0 Å². The van der Waals surface area contributed by atoms with E-state index in [1.807, 2.05) is 0 Å². The summed E-state index contributed by atoms with van der Waals surface area (Å²) in [4.78, 5) is 2.36. The maximum Gasteiger partial charge on any atom is 0.203 e. The van der Waals surface area contributed by atoms with Crippen molar-refractivity contribution in [1.29, 1.82) is 0 Å². The summed E-state index contributed by atoms with van der Waals surface area (Å²) in [6, 6.07) is 15.4. The fraction of sp³-hybridized carbons (Fsp3) is 0.410. The number of ether oxygens (including phenoxy) is 1. The summed E-state index contributed by atoms with van der Waals surface area (Å²) in [5.74, 6) is 4.66. The Morgan fingerprint density at radius 1 is 0.791 bits per heavy atom. The van der Waals surface area contributed by atoms with Gasteiger partial charge in [0.05, 0.1) is 6.07 Å². The van der Waals surface area contributed by atoms with Gasteiger partial charge in [0, 0.05) is 53.9 Å². The van der Waals surface area contributed by atoms with Gasteiger partial charge in [0.1, 0.15) is 36.1 Å². The van der Waals surface area contributed by atoms with Crippen LogP contribution in [-0.4, -0.2) is 26.2 Å². The van der Waals surface area contributed by atoms with Crippen LogP contribution in [0.25, 0.3) is 23.0 Å². The Bertz CT molecular complexity index is 1540. The molecule has 0 spiro atoms. The Balaban J connectivity index is 1.68. The molecule has 43 heavy (non-hydrogen) atoms. The van der Waals surface area contributed by atoms with Crippen LogP contribution in [0.15, 0.2) is 83.0 Å². The van der Waals surface area contributed by atoms with Crippen molar-refractivity contribution in [2.75, 3.05) is 31.1 Å². The predicted octanol–water partition coefficient (Wildman–Crippen LogP) is 9.53. The third kappa shape index (κ3) is 7.41. The van der Waals surface area contributed by atoms with Gasteiger partial charge in [-0.2, -0.15) is 0 Å². The molecule has 1 aromatic carbocycles. The lowest BCUT2D eigenvalue weighted by molar-refractivity contribution is 0.349. The number of allylic oxidation sites excluding steroid dienone is 7. The third-order valence-corrected chi connectivity index (χ3v) is 8.83. The van der Waals surface area contributed by atoms with Crippen LogP contribution in [0, 0.1) is 5.92 Å². The van der Waals surface area contributed by atoms with Crippen LogP contribution in [0.2, 0.25) is 0 Å². The second kappa shape index (κ2) is 15.1. The molecule has 4 rings (SSSR count). The maximum absolute atomic E-state index is 6.44. The molecule has 4 heteroatoms. The molecule has 2 atom stereocenters. The fourth-order valence-corrected chi connectivity index (χ4v) is 5.56. The Morgan fingerprint density at radius 2 is 1.51 bits per heavy atom. The first-order chi connectivity index (χ1) is 20.9. The van der Waals surface area contributed by atoms with Crippen molar-refractivity contribution in [3.05, 3.63) is 101 Å². The molecule has 0 saturated heterocycles. The van der Waals surface area contributed by atoms with Crippen molar-refractivity contribution < 1.29 is 9.15 Å². The minimum absolute atomic E-state index is 0.358. The normalized spacial score (nSPS) is 15.5. The monoisotopic (exact) mass is 579 g/mol. The van der Waals surface area contributed by atoms with Crippen molar-refractivity contribution in [2.45, 2.75) is 74.1 Å². The number of nitrogens with zero attached hydrogens (tertiary/aromatic N) is 2. The van der Waals surface area contributed by atoms with Crippen LogP contribution < -0.4 is 19.6 Å². The average Bonchev–Trinajstić information content (AvgIpc) is 3.04. The number of hydrogen-bond donors (Lipinski definition) is 0. The number of anilines is 1. The van der Waals surface area contributed by atoms with Gasteiger partial charge < -0.3 is 14.1 Å². The van der Waals surface area contributed by atoms with E-state index in [4.69, 9.17) is 9.15 Å². The van der Waals surface area contributed by atoms with E-state index in [0.717, 1.165) is 73.2 Å². The summed E-state index contributed by atoms with van der Waals surface area (Å²) in [6.07, 6.45) is 15.1. The molecular weight excluding hydrogens is 528 g/mol. The van der Waals surface area contributed by atoms with E-state index < -0.39 is 0 Å². The van der Waals surface area contributed by atoms with Gasteiger partial charge in [-0.1, -0.05) is 58.1 Å². The number of fused-ring (bicyclic) bond motifs is 2. The van der Waals surface area contributed by atoms with Gasteiger partial charge >= 0.3 is 0 Å². The van der Waals surface area contributed by atoms with E-state index >= 15 is 0 Å². The van der Waals surface area contributed by atoms with Crippen LogP contribution in [-0.2, 0) is 0 Å². The molecule has 0 aromatic heterocycles. The van der Waals surface area contributed by atoms with E-state index in [0.29, 0.717) is 11.8 Å². The van der Waals surface area contributed by atoms with E-state index in [1.165, 1.54) is 22.2 Å². The summed E-state index contributed by atoms with van der Waals surface area (Å²) in [5.41, 5.74) is 5.83. The summed E-state index contributed by atoms with van der Waals surface area (Å²) in [5, 5.41) is 1.20. The zero-order valence-electron chi connectivity index (χ0n) is 27.6. The van der Waals surface area contributed by atoms with Crippen LogP contribution >= 0.6 is 0 Å². The SMILES string of the molecule is CCC(C)C1=CC(=CC=CC=Cc2cc(C(C)CC)oc3cc(=[N+](CC)CC)ccc2-3)c2ccc(N(CC)CC)cc2O1. The van der Waals surface area contributed by atoms with E-state index in [-0.39, 0.29) is 0 Å². The molecule has 0 amide bonds. The smallest absolute Gasteiger partial charge is 0.203 e. The summed E-state index contributed by atoms with van der Waals surface area (Å²) in [7, 11) is 0. The molecule has 0 bridgehead atoms. The van der Waals surface area contributed by atoms with Crippen molar-refractivity contribution in [3.8, 4) is 17.1 Å². The standard InChI is InChI=1S/C39H51N2O2/c1-9-28(7)36-24-30(34-22-20-32(26-38(34)42-36)40(11-3)12-4)18-16-15-17-19-31-25-37(29(8)10-2)43-39-27-33(21-23-35(31)39)41(13-5)14-6/h15-29H,9-14H2,1-8H3/q+1. The van der Waals surface area contributed by atoms with Crippen molar-refractivity contribution in [2.24, 2.45) is 5.92 Å². The highest BCUT2D eigenvalue weighted by Gasteiger charge is 2.21. The molecule has 0 fully saturated rings. The Labute approximate surface area is 259 Å². The van der Waals surface area contributed by atoms with E-state index in [1.54, 1.807) is 0 Å². The molecule has 0 radical (unpaired) electrons. The summed E-state index contributed by atoms with van der Waals surface area (Å²) in [6.45, 7) is 21.6. The van der Waals surface area contributed by atoms with Gasteiger partial charge in [-0.3, -0.25) is 0 Å². The Hall–Kier alpha value is -3.79. The second-order valence-corrected chi connectivity index (χ2v) is 11.4. The minimum Gasteiger partial charge on any atom is -0.461 e. The third-order valence-electron chi connectivity index (χ3n) is 8.83. The molecule has 1 aromatic rings. The molecule has 2 aliphatic heterocycles. The summed E-state index contributed by atoms with van der Waals surface area (Å²) < 4.78 is 15.2. The number of hydrogen-bond acceptors (Lipinski definition) is 3. The fourth-order valence-electron chi connectivity index (χ4n) is 5.56. The van der Waals surface area contributed by atoms with Gasteiger partial charge in [0.15, 0.2) is 0 Å². The lowest BCUT2D eigenvalue weighted by atomic mass is 9.96. The highest BCUT2D eigenvalue weighted by Crippen LogP contribution is 2.39. The van der Waals surface area contributed by atoms with Gasteiger partial charge in [-0.25, -0.2) is 4.58 Å². The van der Waals surface area contributed by atoms with E-state index in [2.05, 4.69) is 144 Å². The first-order valence-corrected chi connectivity index (χ1v) is 16.4. The zero-order chi connectivity index (χ0) is 30.9. The Morgan fingerprint density at radius 3 is 2.19 bits per heavy atom. The molecular formula is C39H51N2O2+. The van der Waals surface area contributed by atoms with Crippen molar-refractivity contribution >= 4 is 17.3 Å². The maximum atomic E-state index is 6.44. The Kier molecular flexibility index (Phi) is 11.3. The molecule has 2 unspecified atom stereocenters. The lowest BCUT2D eigenvalue weighted by Gasteiger charge is -2.27. The number of rotatable bonds is 12. The molecule has 3 aliphatic rings. The first-order valence-electron chi connectivity index (χ1n) is 16.4. The van der Waals surface area contributed by atoms with Gasteiger partial charge in [0.25, 0.3) is 0 Å². The summed E-state index contributed by atoms with van der Waals surface area (Å²) >= 11 is 0. The molecule has 2 heterocycles. The van der Waals surface area contributed by atoms with Crippen LogP contribution in [0.5, 0.6) is 5.75 Å². The number of benzene rings is 2. The highest BCUT2D eigenvalue weighted by atomic mass is 16.5. The van der Waals surface area contributed by atoms with Crippen molar-refractivity contribution in [1.82, 2.24) is 4.58 Å². The van der Waals surface area contributed by atoms with Crippen LogP contribution in [0.4, 0.5) is 5.69 Å². The molecule has 0 saturated carbocycles. The molecule has 4 nitrogen and oxygen atoms in total. The van der Waals surface area contributed by atoms with Gasteiger partial charge in [0.2, 0.25) is 5.36 Å². The molecule has 228 valence electrons. The quantitative estimate of drug-likeness (QED) is 0.158. The van der Waals surface area contributed by atoms with Crippen LogP contribution in [0.3, 0.4) is 0 Å². The highest BCUT2D eigenvalue weighted by molar-refractivity contribution is 5.82. The van der Waals surface area contributed by atoms with Crippen molar-refractivity contribution in [3.63, 3.8) is 0 Å². The largest absolute Gasteiger partial charge is 0.461 e. The lowest BCUT2D eigenvalue weighted by Crippen LogP contribution is -2.29. The van der Waals surface area contributed by atoms with Gasteiger partial charge in [-0.05, 0) is 82.0 Å². The topological polar surface area (TPSA) is 28.6 Å². The molecule has 1 aliphatic carbocycles. The second-order valence-electron chi connectivity index (χ2n) is 11.4. The predicted molar refractivity (Wildman–Crippen MR) is 185 cm³/mol. The first kappa shape index (κ1) is 32.1. The van der Waals surface area contributed by atoms with E-state index in [9.17, 15) is 0 Å². The average molecular weight is 580 g/mol. The molecule has 0 N–H and O–H groups in total. The minimum atomic E-state index is 0.358.